The summed E-state index contributed by atoms with van der Waals surface area (Å²) in [4.78, 5) is 45.6. The fourth-order valence-electron chi connectivity index (χ4n) is 6.90. The molecule has 1 fully saturated rings. The number of ketones is 2. The normalized spacial score (nSPS) is 24.5. The molecule has 204 valence electrons. The molecule has 3 aliphatic rings. The van der Waals surface area contributed by atoms with Crippen LogP contribution in [0.5, 0.6) is 0 Å². The van der Waals surface area contributed by atoms with E-state index in [0.717, 1.165) is 35.2 Å². The van der Waals surface area contributed by atoms with E-state index in [1.54, 1.807) is 6.07 Å². The number of carbonyl (C=O) groups excluding carboxylic acids is 3. The zero-order valence-corrected chi connectivity index (χ0v) is 24.0. The monoisotopic (exact) mass is 552 g/mol. The first-order valence-corrected chi connectivity index (χ1v) is 14.3. The first-order valence-electron chi connectivity index (χ1n) is 13.9. The van der Waals surface area contributed by atoms with Crippen LogP contribution in [0, 0.1) is 11.3 Å². The quantitative estimate of drug-likeness (QED) is 0.350. The molecule has 0 bridgehead atoms. The highest BCUT2D eigenvalue weighted by Gasteiger charge is 2.70. The van der Waals surface area contributed by atoms with E-state index in [0.29, 0.717) is 16.3 Å². The summed E-state index contributed by atoms with van der Waals surface area (Å²) in [6, 6.07) is 19.4. The standard InChI is InChI=1S/C34H33ClN2O3/c1-5-8-20-11-13-21(14-12-20)30(38)28-29(31(39)33(2,3)4)37-26-17-16-23(35)19-22(26)15-18-27(37)34(28)24-9-6-7-10-25(24)36-32(34)40/h6-7,9-19,27-29H,5,8H2,1-4H3,(H,36,40)/t27-,28+,29-,34-/m1/s1. The summed E-state index contributed by atoms with van der Waals surface area (Å²) < 4.78 is 0. The number of amides is 1. The molecule has 0 aliphatic carbocycles. The highest BCUT2D eigenvalue weighted by molar-refractivity contribution is 6.31. The second-order valence-corrected chi connectivity index (χ2v) is 12.6. The van der Waals surface area contributed by atoms with E-state index in [9.17, 15) is 14.4 Å². The molecule has 5 nitrogen and oxygen atoms in total. The van der Waals surface area contributed by atoms with Crippen LogP contribution in [0.15, 0.2) is 72.8 Å². The van der Waals surface area contributed by atoms with Crippen molar-refractivity contribution in [1.82, 2.24) is 0 Å². The highest BCUT2D eigenvalue weighted by Crippen LogP contribution is 2.58. The van der Waals surface area contributed by atoms with Gasteiger partial charge in [0.1, 0.15) is 11.5 Å². The van der Waals surface area contributed by atoms with Gasteiger partial charge in [-0.15, -0.1) is 0 Å². The van der Waals surface area contributed by atoms with Crippen molar-refractivity contribution in [2.45, 2.75) is 58.0 Å². The number of halogens is 1. The predicted molar refractivity (Wildman–Crippen MR) is 160 cm³/mol. The molecule has 3 heterocycles. The van der Waals surface area contributed by atoms with Crippen LogP contribution in [0.4, 0.5) is 11.4 Å². The molecule has 3 aromatic rings. The highest BCUT2D eigenvalue weighted by atomic mass is 35.5. The molecule has 1 spiro atoms. The lowest BCUT2D eigenvalue weighted by molar-refractivity contribution is -0.128. The van der Waals surface area contributed by atoms with Crippen LogP contribution in [0.25, 0.3) is 6.08 Å². The molecule has 4 atom stereocenters. The number of benzene rings is 3. The number of fused-ring (bicyclic) bond motifs is 6. The zero-order valence-electron chi connectivity index (χ0n) is 23.2. The van der Waals surface area contributed by atoms with Gasteiger partial charge in [-0.2, -0.15) is 0 Å². The Labute approximate surface area is 240 Å². The Morgan fingerprint density at radius 3 is 2.45 bits per heavy atom. The molecular weight excluding hydrogens is 520 g/mol. The van der Waals surface area contributed by atoms with Gasteiger partial charge in [-0.05, 0) is 47.4 Å². The number of Topliss-reactive ketones (excluding diaryl/α,β-unsaturated/α-hetero) is 2. The fraction of sp³-hybridized carbons (Fsp3) is 0.324. The van der Waals surface area contributed by atoms with Crippen molar-refractivity contribution in [3.63, 3.8) is 0 Å². The number of rotatable bonds is 5. The molecule has 0 saturated carbocycles. The maximum absolute atomic E-state index is 14.8. The van der Waals surface area contributed by atoms with Gasteiger partial charge in [0.25, 0.3) is 0 Å². The lowest BCUT2D eigenvalue weighted by Gasteiger charge is -2.38. The summed E-state index contributed by atoms with van der Waals surface area (Å²) in [6.07, 6.45) is 5.86. The molecule has 3 aromatic carbocycles. The van der Waals surface area contributed by atoms with Gasteiger partial charge in [-0.1, -0.05) is 100 Å². The average molecular weight is 553 g/mol. The van der Waals surface area contributed by atoms with Gasteiger partial charge in [0.15, 0.2) is 11.6 Å². The largest absolute Gasteiger partial charge is 0.352 e. The number of carbonyl (C=O) groups is 3. The van der Waals surface area contributed by atoms with Gasteiger partial charge in [-0.3, -0.25) is 14.4 Å². The maximum atomic E-state index is 14.8. The van der Waals surface area contributed by atoms with Crippen molar-refractivity contribution in [3.05, 3.63) is 100 Å². The van der Waals surface area contributed by atoms with Crippen LogP contribution in [-0.4, -0.2) is 29.6 Å². The van der Waals surface area contributed by atoms with Crippen LogP contribution in [-0.2, 0) is 21.4 Å². The van der Waals surface area contributed by atoms with Crippen molar-refractivity contribution in [2.24, 2.45) is 11.3 Å². The van der Waals surface area contributed by atoms with E-state index in [2.05, 4.69) is 12.2 Å². The maximum Gasteiger partial charge on any atom is 0.238 e. The number of para-hydroxylation sites is 1. The fourth-order valence-corrected chi connectivity index (χ4v) is 7.08. The first kappa shape index (κ1) is 26.5. The Kier molecular flexibility index (Phi) is 6.26. The zero-order chi connectivity index (χ0) is 28.4. The minimum absolute atomic E-state index is 0.0799. The summed E-state index contributed by atoms with van der Waals surface area (Å²) in [6.45, 7) is 7.75. The third-order valence-electron chi connectivity index (χ3n) is 8.66. The SMILES string of the molecule is CCCc1ccc(C(=O)[C@@H]2[C@H](C(=O)C(C)(C)C)N3c4ccc(Cl)cc4C=C[C@@H]3[C@@]23C(=O)Nc2ccccc23)cc1. The van der Waals surface area contributed by atoms with Gasteiger partial charge in [-0.25, -0.2) is 0 Å². The Balaban J connectivity index is 1.64. The van der Waals surface area contributed by atoms with Gasteiger partial charge >= 0.3 is 0 Å². The summed E-state index contributed by atoms with van der Waals surface area (Å²) >= 11 is 6.36. The van der Waals surface area contributed by atoms with E-state index >= 15 is 0 Å². The van der Waals surface area contributed by atoms with Crippen molar-refractivity contribution >= 4 is 46.5 Å². The molecule has 0 radical (unpaired) electrons. The minimum Gasteiger partial charge on any atom is -0.352 e. The first-order chi connectivity index (χ1) is 19.1. The molecule has 6 heteroatoms. The number of anilines is 2. The van der Waals surface area contributed by atoms with E-state index in [4.69, 9.17) is 11.6 Å². The number of hydrogen-bond acceptors (Lipinski definition) is 4. The van der Waals surface area contributed by atoms with E-state index in [1.165, 1.54) is 0 Å². The number of hydrogen-bond donors (Lipinski definition) is 1. The molecule has 1 amide bonds. The van der Waals surface area contributed by atoms with Crippen LogP contribution in [0.2, 0.25) is 5.02 Å². The van der Waals surface area contributed by atoms with E-state index in [1.807, 2.05) is 98.5 Å². The van der Waals surface area contributed by atoms with E-state index < -0.39 is 28.8 Å². The third-order valence-corrected chi connectivity index (χ3v) is 8.90. The van der Waals surface area contributed by atoms with Crippen LogP contribution >= 0.6 is 11.6 Å². The topological polar surface area (TPSA) is 66.5 Å². The second-order valence-electron chi connectivity index (χ2n) is 12.1. The molecule has 1 N–H and O–H groups in total. The lowest BCUT2D eigenvalue weighted by atomic mass is 9.63. The lowest BCUT2D eigenvalue weighted by Crippen LogP contribution is -2.51. The third kappa shape index (κ3) is 3.78. The molecule has 6 rings (SSSR count). The number of nitrogens with zero attached hydrogens (tertiary/aromatic N) is 1. The second kappa shape index (κ2) is 9.45. The van der Waals surface area contributed by atoms with Gasteiger partial charge in [0.2, 0.25) is 5.91 Å². The van der Waals surface area contributed by atoms with Crippen molar-refractivity contribution in [3.8, 4) is 0 Å². The van der Waals surface area contributed by atoms with Crippen LogP contribution in [0.3, 0.4) is 0 Å². The van der Waals surface area contributed by atoms with E-state index in [-0.39, 0.29) is 17.5 Å². The van der Waals surface area contributed by atoms with Crippen molar-refractivity contribution in [1.29, 1.82) is 0 Å². The van der Waals surface area contributed by atoms with Gasteiger partial charge in [0.05, 0.1) is 12.0 Å². The predicted octanol–water partition coefficient (Wildman–Crippen LogP) is 6.88. The Hall–Kier alpha value is -3.70. The minimum atomic E-state index is -1.30. The summed E-state index contributed by atoms with van der Waals surface area (Å²) in [5, 5.41) is 3.65. The Morgan fingerprint density at radius 1 is 1.02 bits per heavy atom. The van der Waals surface area contributed by atoms with Crippen LogP contribution < -0.4 is 10.2 Å². The molecule has 0 unspecified atom stereocenters. The molecule has 1 saturated heterocycles. The molecular formula is C34H33ClN2O3. The summed E-state index contributed by atoms with van der Waals surface area (Å²) in [5.41, 5.74) is 2.69. The van der Waals surface area contributed by atoms with Gasteiger partial charge < -0.3 is 10.2 Å². The summed E-state index contributed by atoms with van der Waals surface area (Å²) in [7, 11) is 0. The van der Waals surface area contributed by atoms with Crippen molar-refractivity contribution in [2.75, 3.05) is 10.2 Å². The number of aryl methyl sites for hydroxylation is 1. The molecule has 0 aromatic heterocycles. The summed E-state index contributed by atoms with van der Waals surface area (Å²) in [5.74, 6) is -1.48. The van der Waals surface area contributed by atoms with Gasteiger partial charge in [0, 0.05) is 27.4 Å². The van der Waals surface area contributed by atoms with Crippen LogP contribution in [0.1, 0.15) is 61.2 Å². The Bertz CT molecular complexity index is 1570. The number of nitrogens with one attached hydrogen (secondary N) is 1. The van der Waals surface area contributed by atoms with Crippen molar-refractivity contribution < 1.29 is 14.4 Å². The Morgan fingerprint density at radius 2 is 1.75 bits per heavy atom. The average Bonchev–Trinajstić information content (AvgIpc) is 3.40. The molecule has 3 aliphatic heterocycles. The smallest absolute Gasteiger partial charge is 0.238 e. The molecule has 40 heavy (non-hydrogen) atoms.